The van der Waals surface area contributed by atoms with Gasteiger partial charge in [-0.1, -0.05) is 0 Å². The third-order valence-corrected chi connectivity index (χ3v) is 2.02. The highest BCUT2D eigenvalue weighted by molar-refractivity contribution is 6.01. The molecule has 0 unspecified atom stereocenters. The van der Waals surface area contributed by atoms with Gasteiger partial charge in [0, 0.05) is 12.6 Å². The number of terminal acetylenes is 1. The highest BCUT2D eigenvalue weighted by Gasteiger charge is 2.24. The van der Waals surface area contributed by atoms with Crippen molar-refractivity contribution in [2.24, 2.45) is 0 Å². The van der Waals surface area contributed by atoms with E-state index in [4.69, 9.17) is 6.42 Å². The first-order valence-electron chi connectivity index (χ1n) is 4.27. The number of hydrogen-bond donors (Lipinski definition) is 2. The summed E-state index contributed by atoms with van der Waals surface area (Å²) < 4.78 is 0. The summed E-state index contributed by atoms with van der Waals surface area (Å²) >= 11 is 0. The molecule has 1 aliphatic rings. The number of nitrogens with one attached hydrogen (secondary N) is 2. The van der Waals surface area contributed by atoms with Crippen LogP contribution in [0.4, 0.5) is 11.5 Å². The van der Waals surface area contributed by atoms with Crippen LogP contribution in [-0.4, -0.2) is 16.9 Å². The number of pyridine rings is 1. The lowest BCUT2D eigenvalue weighted by Crippen LogP contribution is -2.38. The van der Waals surface area contributed by atoms with E-state index in [-0.39, 0.29) is 11.9 Å². The predicted octanol–water partition coefficient (Wildman–Crippen LogP) is 0.837. The summed E-state index contributed by atoms with van der Waals surface area (Å²) in [5.41, 5.74) is 0.812. The number of hydrogen-bond acceptors (Lipinski definition) is 3. The Kier molecular flexibility index (Phi) is 2.07. The zero-order valence-electron chi connectivity index (χ0n) is 7.45. The number of anilines is 2. The van der Waals surface area contributed by atoms with E-state index in [1.54, 1.807) is 12.3 Å². The van der Waals surface area contributed by atoms with E-state index in [2.05, 4.69) is 21.5 Å². The molecule has 1 amide bonds. The van der Waals surface area contributed by atoms with Crippen LogP contribution in [0.25, 0.3) is 0 Å². The van der Waals surface area contributed by atoms with Crippen molar-refractivity contribution < 1.29 is 4.79 Å². The van der Waals surface area contributed by atoms with E-state index in [1.807, 2.05) is 6.07 Å². The van der Waals surface area contributed by atoms with E-state index in [1.165, 1.54) is 0 Å². The van der Waals surface area contributed by atoms with Gasteiger partial charge in [0.25, 0.3) is 0 Å². The molecular formula is C10H9N3O. The average molecular weight is 187 g/mol. The van der Waals surface area contributed by atoms with Crippen LogP contribution < -0.4 is 10.6 Å². The van der Waals surface area contributed by atoms with Crippen LogP contribution in [0.15, 0.2) is 18.3 Å². The number of fused-ring (bicyclic) bond motifs is 1. The zero-order chi connectivity index (χ0) is 9.97. The molecule has 2 rings (SSSR count). The second kappa shape index (κ2) is 3.38. The molecule has 0 spiro atoms. The molecule has 0 aromatic carbocycles. The molecule has 0 saturated carbocycles. The molecule has 1 atom stereocenters. The minimum Gasteiger partial charge on any atom is -0.370 e. The summed E-state index contributed by atoms with van der Waals surface area (Å²) in [6.07, 6.45) is 7.16. The van der Waals surface area contributed by atoms with Gasteiger partial charge in [0.2, 0.25) is 5.91 Å². The molecule has 0 fully saturated rings. The Morgan fingerprint density at radius 1 is 1.64 bits per heavy atom. The van der Waals surface area contributed by atoms with E-state index in [0.29, 0.717) is 12.2 Å². The molecule has 2 heterocycles. The van der Waals surface area contributed by atoms with Crippen molar-refractivity contribution in [2.45, 2.75) is 12.5 Å². The minimum atomic E-state index is -0.350. The lowest BCUT2D eigenvalue weighted by molar-refractivity contribution is -0.117. The topological polar surface area (TPSA) is 54.0 Å². The highest BCUT2D eigenvalue weighted by atomic mass is 16.2. The Morgan fingerprint density at radius 3 is 3.29 bits per heavy atom. The van der Waals surface area contributed by atoms with Crippen molar-refractivity contribution in [3.05, 3.63) is 18.3 Å². The van der Waals surface area contributed by atoms with Crippen LogP contribution in [0, 0.1) is 12.3 Å². The van der Waals surface area contributed by atoms with Gasteiger partial charge >= 0.3 is 0 Å². The van der Waals surface area contributed by atoms with Crippen LogP contribution in [0.1, 0.15) is 6.42 Å². The van der Waals surface area contributed by atoms with Crippen molar-refractivity contribution in [2.75, 3.05) is 10.6 Å². The minimum absolute atomic E-state index is 0.130. The monoisotopic (exact) mass is 187 g/mol. The third-order valence-electron chi connectivity index (χ3n) is 2.02. The first kappa shape index (κ1) is 8.57. The van der Waals surface area contributed by atoms with Gasteiger partial charge in [0.15, 0.2) is 5.82 Å². The number of carbonyl (C=O) groups excluding carboxylic acids is 1. The van der Waals surface area contributed by atoms with Crippen molar-refractivity contribution in [3.63, 3.8) is 0 Å². The largest absolute Gasteiger partial charge is 0.370 e. The standard InChI is InChI=1S/C10H9N3O/c1-2-4-8-10(14)13-9-7(12-8)5-3-6-11-9/h1,3,5-6,8,12H,4H2,(H,11,13,14)/t8-/m1/s1. The Labute approximate surface area is 81.7 Å². The molecule has 1 aromatic rings. The molecule has 0 bridgehead atoms. The SMILES string of the molecule is C#CC[C@H]1Nc2cccnc2NC1=O. The van der Waals surface area contributed by atoms with Crippen LogP contribution >= 0.6 is 0 Å². The first-order chi connectivity index (χ1) is 6.81. The normalized spacial score (nSPS) is 18.8. The van der Waals surface area contributed by atoms with Crippen molar-refractivity contribution in [1.82, 2.24) is 4.98 Å². The predicted molar refractivity (Wildman–Crippen MR) is 53.7 cm³/mol. The molecule has 0 aliphatic carbocycles. The van der Waals surface area contributed by atoms with E-state index in [9.17, 15) is 4.79 Å². The second-order valence-corrected chi connectivity index (χ2v) is 2.99. The molecule has 2 N–H and O–H groups in total. The van der Waals surface area contributed by atoms with Gasteiger partial charge in [-0.3, -0.25) is 4.79 Å². The van der Waals surface area contributed by atoms with Crippen LogP contribution in [-0.2, 0) is 4.79 Å². The summed E-state index contributed by atoms with van der Waals surface area (Å²) in [6.45, 7) is 0. The summed E-state index contributed by atoms with van der Waals surface area (Å²) in [7, 11) is 0. The van der Waals surface area contributed by atoms with Gasteiger partial charge in [-0.05, 0) is 12.1 Å². The average Bonchev–Trinajstić information content (AvgIpc) is 2.19. The molecule has 0 radical (unpaired) electrons. The Bertz CT molecular complexity index is 408. The first-order valence-corrected chi connectivity index (χ1v) is 4.27. The van der Waals surface area contributed by atoms with E-state index < -0.39 is 0 Å². The zero-order valence-corrected chi connectivity index (χ0v) is 7.45. The third kappa shape index (κ3) is 1.40. The summed E-state index contributed by atoms with van der Waals surface area (Å²) in [6, 6.07) is 3.30. The number of amides is 1. The van der Waals surface area contributed by atoms with Gasteiger partial charge in [0.1, 0.15) is 6.04 Å². The fourth-order valence-corrected chi connectivity index (χ4v) is 1.34. The Morgan fingerprint density at radius 2 is 2.50 bits per heavy atom. The molecule has 4 heteroatoms. The lowest BCUT2D eigenvalue weighted by Gasteiger charge is -2.24. The van der Waals surface area contributed by atoms with E-state index in [0.717, 1.165) is 5.69 Å². The maximum atomic E-state index is 11.4. The van der Waals surface area contributed by atoms with Crippen LogP contribution in [0.5, 0.6) is 0 Å². The maximum Gasteiger partial charge on any atom is 0.249 e. The highest BCUT2D eigenvalue weighted by Crippen LogP contribution is 2.23. The summed E-state index contributed by atoms with van der Waals surface area (Å²) in [5, 5.41) is 5.72. The molecule has 1 aromatic heterocycles. The molecule has 14 heavy (non-hydrogen) atoms. The lowest BCUT2D eigenvalue weighted by atomic mass is 10.1. The Hall–Kier alpha value is -2.02. The summed E-state index contributed by atoms with van der Waals surface area (Å²) in [4.78, 5) is 15.5. The molecule has 1 aliphatic heterocycles. The van der Waals surface area contributed by atoms with Crippen LogP contribution in [0.2, 0.25) is 0 Å². The molecule has 70 valence electrons. The van der Waals surface area contributed by atoms with Gasteiger partial charge in [0.05, 0.1) is 5.69 Å². The van der Waals surface area contributed by atoms with Crippen molar-refractivity contribution in [3.8, 4) is 12.3 Å². The molecule has 4 nitrogen and oxygen atoms in total. The molecular weight excluding hydrogens is 178 g/mol. The van der Waals surface area contributed by atoms with Gasteiger partial charge in [-0.25, -0.2) is 4.98 Å². The van der Waals surface area contributed by atoms with Gasteiger partial charge in [-0.2, -0.15) is 0 Å². The van der Waals surface area contributed by atoms with Crippen molar-refractivity contribution in [1.29, 1.82) is 0 Å². The van der Waals surface area contributed by atoms with E-state index >= 15 is 0 Å². The van der Waals surface area contributed by atoms with Gasteiger partial charge in [-0.15, -0.1) is 12.3 Å². The second-order valence-electron chi connectivity index (χ2n) is 2.99. The Balaban J connectivity index is 2.28. The number of carbonyl (C=O) groups is 1. The van der Waals surface area contributed by atoms with Crippen LogP contribution in [0.3, 0.4) is 0 Å². The number of aromatic nitrogens is 1. The maximum absolute atomic E-state index is 11.4. The summed E-state index contributed by atoms with van der Waals surface area (Å²) in [5.74, 6) is 2.89. The molecule has 0 saturated heterocycles. The smallest absolute Gasteiger partial charge is 0.249 e. The number of nitrogens with zero attached hydrogens (tertiary/aromatic N) is 1. The fraction of sp³-hybridized carbons (Fsp3) is 0.200. The van der Waals surface area contributed by atoms with Crippen molar-refractivity contribution >= 4 is 17.4 Å². The number of rotatable bonds is 1. The van der Waals surface area contributed by atoms with Gasteiger partial charge < -0.3 is 10.6 Å². The quantitative estimate of drug-likeness (QED) is 0.640. The fourth-order valence-electron chi connectivity index (χ4n) is 1.34.